The third-order valence-corrected chi connectivity index (χ3v) is 2.32. The van der Waals surface area contributed by atoms with Crippen molar-refractivity contribution in [1.82, 2.24) is 15.1 Å². The number of amides is 2. The molecule has 1 aliphatic rings. The Balaban J connectivity index is 2.33. The van der Waals surface area contributed by atoms with Gasteiger partial charge in [0, 0.05) is 32.7 Å². The van der Waals surface area contributed by atoms with Crippen LogP contribution in [0.1, 0.15) is 0 Å². The van der Waals surface area contributed by atoms with Crippen LogP contribution in [0, 0.1) is 0 Å². The maximum Gasteiger partial charge on any atom is 0.485 e. The van der Waals surface area contributed by atoms with Gasteiger partial charge in [-0.25, -0.2) is 10.1 Å². The van der Waals surface area contributed by atoms with Gasteiger partial charge in [0.25, 0.3) is 0 Å². The number of carbonyl (C=O) groups is 1. The van der Waals surface area contributed by atoms with Crippen LogP contribution in [0.15, 0.2) is 0 Å². The van der Waals surface area contributed by atoms with Gasteiger partial charge in [-0.15, -0.1) is 0 Å². The Morgan fingerprint density at radius 1 is 1.25 bits per heavy atom. The van der Waals surface area contributed by atoms with Gasteiger partial charge < -0.3 is 10.0 Å². The summed E-state index contributed by atoms with van der Waals surface area (Å²) in [6.07, 6.45) is -4.68. The van der Waals surface area contributed by atoms with Crippen LogP contribution in [0.3, 0.4) is 0 Å². The third kappa shape index (κ3) is 4.23. The maximum atomic E-state index is 11.9. The molecule has 1 saturated heterocycles. The summed E-state index contributed by atoms with van der Waals surface area (Å²) in [6, 6.07) is -1.11. The zero-order chi connectivity index (χ0) is 12.2. The Morgan fingerprint density at radius 3 is 2.25 bits per heavy atom. The van der Waals surface area contributed by atoms with Gasteiger partial charge in [0.2, 0.25) is 0 Å². The van der Waals surface area contributed by atoms with E-state index in [2.05, 4.69) is 0 Å². The fourth-order valence-electron chi connectivity index (χ4n) is 1.52. The number of nitrogens with one attached hydrogen (secondary N) is 1. The molecule has 2 amide bonds. The molecule has 8 heteroatoms. The largest absolute Gasteiger partial charge is 0.485 e. The standard InChI is InChI=1S/C8H14F3N3O2/c9-8(10,11)12-7(16)14-3-1-13(2-4-14)5-6-15/h15H,1-6H2,(H,12,16). The van der Waals surface area contributed by atoms with E-state index in [9.17, 15) is 18.0 Å². The summed E-state index contributed by atoms with van der Waals surface area (Å²) < 4.78 is 35.6. The zero-order valence-corrected chi connectivity index (χ0v) is 8.63. The molecule has 0 bridgehead atoms. The Bertz CT molecular complexity index is 239. The molecule has 0 spiro atoms. The number of hydrogen-bond donors (Lipinski definition) is 2. The molecule has 2 N–H and O–H groups in total. The summed E-state index contributed by atoms with van der Waals surface area (Å²) in [5.74, 6) is 0. The highest BCUT2D eigenvalue weighted by Gasteiger charge is 2.33. The van der Waals surface area contributed by atoms with E-state index in [1.807, 2.05) is 4.90 Å². The molecule has 0 unspecified atom stereocenters. The van der Waals surface area contributed by atoms with Crippen molar-refractivity contribution in [2.24, 2.45) is 0 Å². The Morgan fingerprint density at radius 2 is 1.81 bits per heavy atom. The van der Waals surface area contributed by atoms with Crippen molar-refractivity contribution in [3.63, 3.8) is 0 Å². The number of β-amino-alcohol motifs (C(OH)–C–C–N with tert-alkyl or cyclic N) is 1. The number of nitrogens with zero attached hydrogens (tertiary/aromatic N) is 2. The van der Waals surface area contributed by atoms with Crippen molar-refractivity contribution >= 4 is 6.03 Å². The van der Waals surface area contributed by atoms with Crippen LogP contribution in [0.25, 0.3) is 0 Å². The highest BCUT2D eigenvalue weighted by Crippen LogP contribution is 2.11. The van der Waals surface area contributed by atoms with Crippen molar-refractivity contribution in [2.75, 3.05) is 39.3 Å². The highest BCUT2D eigenvalue weighted by atomic mass is 19.4. The van der Waals surface area contributed by atoms with Crippen molar-refractivity contribution in [2.45, 2.75) is 6.30 Å². The van der Waals surface area contributed by atoms with Crippen LogP contribution < -0.4 is 5.32 Å². The lowest BCUT2D eigenvalue weighted by molar-refractivity contribution is -0.147. The minimum Gasteiger partial charge on any atom is -0.395 e. The van der Waals surface area contributed by atoms with Crippen LogP contribution in [-0.4, -0.2) is 66.6 Å². The van der Waals surface area contributed by atoms with Gasteiger partial charge in [-0.05, 0) is 0 Å². The first-order chi connectivity index (χ1) is 7.42. The average molecular weight is 241 g/mol. The summed E-state index contributed by atoms with van der Waals surface area (Å²) in [6.45, 7) is 1.92. The summed E-state index contributed by atoms with van der Waals surface area (Å²) in [7, 11) is 0. The van der Waals surface area contributed by atoms with E-state index in [1.54, 1.807) is 0 Å². The van der Waals surface area contributed by atoms with E-state index in [0.717, 1.165) is 10.2 Å². The number of aliphatic hydroxyl groups excluding tert-OH is 1. The van der Waals surface area contributed by atoms with Gasteiger partial charge in [0.1, 0.15) is 0 Å². The van der Waals surface area contributed by atoms with E-state index in [0.29, 0.717) is 19.6 Å². The van der Waals surface area contributed by atoms with Gasteiger partial charge in [-0.1, -0.05) is 0 Å². The van der Waals surface area contributed by atoms with Crippen LogP contribution in [0.5, 0.6) is 0 Å². The monoisotopic (exact) mass is 241 g/mol. The summed E-state index contributed by atoms with van der Waals surface area (Å²) >= 11 is 0. The molecule has 5 nitrogen and oxygen atoms in total. The van der Waals surface area contributed by atoms with Gasteiger partial charge in [-0.2, -0.15) is 13.2 Å². The maximum absolute atomic E-state index is 11.9. The second kappa shape index (κ2) is 5.35. The fraction of sp³-hybridized carbons (Fsp3) is 0.875. The molecule has 0 aliphatic carbocycles. The molecule has 1 heterocycles. The quantitative estimate of drug-likeness (QED) is 0.660. The molecule has 0 aromatic carbocycles. The molecule has 16 heavy (non-hydrogen) atoms. The summed E-state index contributed by atoms with van der Waals surface area (Å²) in [5.41, 5.74) is 0. The topological polar surface area (TPSA) is 55.8 Å². The van der Waals surface area contributed by atoms with Crippen molar-refractivity contribution in [1.29, 1.82) is 0 Å². The first kappa shape index (κ1) is 13.0. The molecule has 0 aromatic heterocycles. The summed E-state index contributed by atoms with van der Waals surface area (Å²) in [5, 5.41) is 9.62. The molecule has 0 saturated carbocycles. The Kier molecular flexibility index (Phi) is 4.36. The van der Waals surface area contributed by atoms with E-state index in [1.165, 1.54) is 0 Å². The highest BCUT2D eigenvalue weighted by molar-refractivity contribution is 5.74. The predicted molar refractivity (Wildman–Crippen MR) is 49.7 cm³/mol. The first-order valence-electron chi connectivity index (χ1n) is 4.89. The van der Waals surface area contributed by atoms with Gasteiger partial charge in [0.15, 0.2) is 0 Å². The molecule has 1 rings (SSSR count). The van der Waals surface area contributed by atoms with Crippen LogP contribution in [0.2, 0.25) is 0 Å². The van der Waals surface area contributed by atoms with Gasteiger partial charge in [0.05, 0.1) is 6.61 Å². The zero-order valence-electron chi connectivity index (χ0n) is 8.63. The number of hydrogen-bond acceptors (Lipinski definition) is 3. The smallest absolute Gasteiger partial charge is 0.395 e. The summed E-state index contributed by atoms with van der Waals surface area (Å²) in [4.78, 5) is 14.1. The van der Waals surface area contributed by atoms with Crippen LogP contribution in [0.4, 0.5) is 18.0 Å². The fourth-order valence-corrected chi connectivity index (χ4v) is 1.52. The van der Waals surface area contributed by atoms with E-state index in [4.69, 9.17) is 5.11 Å². The number of piperazine rings is 1. The molecule has 1 aliphatic heterocycles. The third-order valence-electron chi connectivity index (χ3n) is 2.32. The number of rotatable bonds is 2. The Labute approximate surface area is 90.8 Å². The molecule has 0 radical (unpaired) electrons. The van der Waals surface area contributed by atoms with Crippen LogP contribution >= 0.6 is 0 Å². The lowest BCUT2D eigenvalue weighted by Crippen LogP contribution is -2.54. The van der Waals surface area contributed by atoms with Crippen molar-refractivity contribution in [3.05, 3.63) is 0 Å². The van der Waals surface area contributed by atoms with Crippen LogP contribution in [-0.2, 0) is 0 Å². The number of aliphatic hydroxyl groups is 1. The van der Waals surface area contributed by atoms with Gasteiger partial charge >= 0.3 is 12.3 Å². The minimum absolute atomic E-state index is 0.00868. The second-order valence-electron chi connectivity index (χ2n) is 3.48. The predicted octanol–water partition coefficient (Wildman–Crippen LogP) is -0.174. The van der Waals surface area contributed by atoms with E-state index < -0.39 is 12.3 Å². The van der Waals surface area contributed by atoms with E-state index in [-0.39, 0.29) is 19.7 Å². The Hall–Kier alpha value is -1.02. The van der Waals surface area contributed by atoms with Gasteiger partial charge in [-0.3, -0.25) is 4.90 Å². The average Bonchev–Trinajstić information content (AvgIpc) is 2.16. The first-order valence-corrected chi connectivity index (χ1v) is 4.89. The molecular weight excluding hydrogens is 227 g/mol. The molecule has 0 aromatic rings. The molecule has 1 fully saturated rings. The molecular formula is C8H14F3N3O2. The SMILES string of the molecule is O=C(NC(F)(F)F)N1CCN(CCO)CC1. The normalized spacial score (nSPS) is 18.6. The number of halogens is 3. The number of carbonyl (C=O) groups excluding carboxylic acids is 1. The number of urea groups is 1. The van der Waals surface area contributed by atoms with E-state index >= 15 is 0 Å². The molecule has 0 atom stereocenters. The second-order valence-corrected chi connectivity index (χ2v) is 3.48. The van der Waals surface area contributed by atoms with Crippen molar-refractivity contribution < 1.29 is 23.1 Å². The lowest BCUT2D eigenvalue weighted by Gasteiger charge is -2.34. The number of alkyl halides is 3. The molecule has 94 valence electrons. The minimum atomic E-state index is -4.68. The lowest BCUT2D eigenvalue weighted by atomic mass is 10.3. The van der Waals surface area contributed by atoms with Crippen molar-refractivity contribution in [3.8, 4) is 0 Å².